The summed E-state index contributed by atoms with van der Waals surface area (Å²) in [5.74, 6) is 1.29. The number of aromatic nitrogens is 3. The van der Waals surface area contributed by atoms with E-state index in [1.807, 2.05) is 38.1 Å². The molecule has 1 heterocycles. The molecular formula is C14H18N4O2. The molecule has 2 N–H and O–H groups in total. The zero-order valence-electron chi connectivity index (χ0n) is 11.7. The van der Waals surface area contributed by atoms with Crippen LogP contribution < -0.4 is 15.2 Å². The highest BCUT2D eigenvalue weighted by Crippen LogP contribution is 2.28. The highest BCUT2D eigenvalue weighted by molar-refractivity contribution is 5.64. The minimum Gasteiger partial charge on any atom is -0.493 e. The molecule has 1 aromatic carbocycles. The van der Waals surface area contributed by atoms with Gasteiger partial charge in [-0.05, 0) is 25.5 Å². The number of ether oxygens (including phenoxy) is 2. The van der Waals surface area contributed by atoms with Crippen LogP contribution in [0.2, 0.25) is 0 Å². The molecule has 6 heteroatoms. The SMILES string of the molecule is CCCOc1nc(N)nc(-c2ccccc2OCC)n1. The van der Waals surface area contributed by atoms with Gasteiger partial charge in [-0.2, -0.15) is 15.0 Å². The van der Waals surface area contributed by atoms with Crippen LogP contribution in [0.4, 0.5) is 5.95 Å². The summed E-state index contributed by atoms with van der Waals surface area (Å²) in [4.78, 5) is 12.4. The van der Waals surface area contributed by atoms with Crippen LogP contribution in [-0.4, -0.2) is 28.2 Å². The van der Waals surface area contributed by atoms with E-state index in [4.69, 9.17) is 15.2 Å². The van der Waals surface area contributed by atoms with Crippen LogP contribution in [0.5, 0.6) is 11.8 Å². The lowest BCUT2D eigenvalue weighted by molar-refractivity contribution is 0.292. The summed E-state index contributed by atoms with van der Waals surface area (Å²) in [6, 6.07) is 7.77. The van der Waals surface area contributed by atoms with Crippen LogP contribution in [0, 0.1) is 0 Å². The first-order valence-corrected chi connectivity index (χ1v) is 6.61. The predicted octanol–water partition coefficient (Wildman–Crippen LogP) is 2.31. The van der Waals surface area contributed by atoms with E-state index in [9.17, 15) is 0 Å². The second-order valence-electron chi connectivity index (χ2n) is 4.08. The molecule has 0 bridgehead atoms. The second kappa shape index (κ2) is 6.70. The van der Waals surface area contributed by atoms with Crippen LogP contribution in [-0.2, 0) is 0 Å². The third-order valence-corrected chi connectivity index (χ3v) is 2.50. The molecule has 0 aliphatic carbocycles. The molecule has 0 atom stereocenters. The van der Waals surface area contributed by atoms with Crippen molar-refractivity contribution in [2.75, 3.05) is 18.9 Å². The van der Waals surface area contributed by atoms with Crippen molar-refractivity contribution in [3.63, 3.8) is 0 Å². The third-order valence-electron chi connectivity index (χ3n) is 2.50. The first kappa shape index (κ1) is 14.0. The van der Waals surface area contributed by atoms with Gasteiger partial charge in [0.15, 0.2) is 5.82 Å². The lowest BCUT2D eigenvalue weighted by Gasteiger charge is -2.10. The van der Waals surface area contributed by atoms with Crippen molar-refractivity contribution in [1.29, 1.82) is 0 Å². The van der Waals surface area contributed by atoms with Crippen LogP contribution in [0.3, 0.4) is 0 Å². The van der Waals surface area contributed by atoms with E-state index >= 15 is 0 Å². The van der Waals surface area contributed by atoms with Gasteiger partial charge in [-0.25, -0.2) is 0 Å². The van der Waals surface area contributed by atoms with Gasteiger partial charge < -0.3 is 15.2 Å². The van der Waals surface area contributed by atoms with Gasteiger partial charge in [0.1, 0.15) is 5.75 Å². The Balaban J connectivity index is 2.39. The van der Waals surface area contributed by atoms with Crippen LogP contribution >= 0.6 is 0 Å². The van der Waals surface area contributed by atoms with Crippen LogP contribution in [0.1, 0.15) is 20.3 Å². The lowest BCUT2D eigenvalue weighted by Crippen LogP contribution is -2.06. The van der Waals surface area contributed by atoms with Crippen LogP contribution in [0.15, 0.2) is 24.3 Å². The summed E-state index contributed by atoms with van der Waals surface area (Å²) < 4.78 is 11.0. The number of hydrogen-bond acceptors (Lipinski definition) is 6. The Bertz CT molecular complexity index is 575. The van der Waals surface area contributed by atoms with Gasteiger partial charge in [-0.3, -0.25) is 0 Å². The van der Waals surface area contributed by atoms with Crippen molar-refractivity contribution >= 4 is 5.95 Å². The maximum atomic E-state index is 5.71. The molecule has 0 amide bonds. The molecule has 0 radical (unpaired) electrons. The molecule has 0 saturated heterocycles. The highest BCUT2D eigenvalue weighted by atomic mass is 16.5. The summed E-state index contributed by atoms with van der Waals surface area (Å²) >= 11 is 0. The summed E-state index contributed by atoms with van der Waals surface area (Å²) in [6.45, 7) is 5.04. The molecule has 2 aromatic rings. The van der Waals surface area contributed by atoms with E-state index in [1.165, 1.54) is 0 Å². The van der Waals surface area contributed by atoms with Gasteiger partial charge in [-0.1, -0.05) is 19.1 Å². The monoisotopic (exact) mass is 274 g/mol. The Morgan fingerprint density at radius 2 is 1.85 bits per heavy atom. The van der Waals surface area contributed by atoms with Crippen molar-refractivity contribution in [3.8, 4) is 23.1 Å². The number of para-hydroxylation sites is 1. The number of hydrogen-bond donors (Lipinski definition) is 1. The summed E-state index contributed by atoms with van der Waals surface area (Å²) in [7, 11) is 0. The first-order valence-electron chi connectivity index (χ1n) is 6.61. The van der Waals surface area contributed by atoms with Gasteiger partial charge >= 0.3 is 6.01 Å². The van der Waals surface area contributed by atoms with Crippen LogP contribution in [0.25, 0.3) is 11.4 Å². The van der Waals surface area contributed by atoms with Crippen molar-refractivity contribution in [3.05, 3.63) is 24.3 Å². The molecule has 2 rings (SSSR count). The predicted molar refractivity (Wildman–Crippen MR) is 76.6 cm³/mol. The minimum atomic E-state index is 0.132. The average Bonchev–Trinajstić information content (AvgIpc) is 2.45. The molecule has 106 valence electrons. The second-order valence-corrected chi connectivity index (χ2v) is 4.08. The topological polar surface area (TPSA) is 83.2 Å². The van der Waals surface area contributed by atoms with Crippen molar-refractivity contribution in [2.24, 2.45) is 0 Å². The van der Waals surface area contributed by atoms with E-state index in [1.54, 1.807) is 0 Å². The molecule has 6 nitrogen and oxygen atoms in total. The fourth-order valence-electron chi connectivity index (χ4n) is 1.68. The molecule has 0 saturated carbocycles. The third kappa shape index (κ3) is 3.34. The van der Waals surface area contributed by atoms with Gasteiger partial charge in [0.25, 0.3) is 0 Å². The molecule has 1 aromatic heterocycles. The van der Waals surface area contributed by atoms with Gasteiger partial charge in [0, 0.05) is 0 Å². The van der Waals surface area contributed by atoms with Gasteiger partial charge in [0.2, 0.25) is 5.95 Å². The highest BCUT2D eigenvalue weighted by Gasteiger charge is 2.12. The van der Waals surface area contributed by atoms with Crippen molar-refractivity contribution in [1.82, 2.24) is 15.0 Å². The van der Waals surface area contributed by atoms with E-state index in [0.717, 1.165) is 12.0 Å². The summed E-state index contributed by atoms with van der Waals surface area (Å²) in [5.41, 5.74) is 6.48. The van der Waals surface area contributed by atoms with E-state index < -0.39 is 0 Å². The Morgan fingerprint density at radius 1 is 1.05 bits per heavy atom. The standard InChI is InChI=1S/C14H18N4O2/c1-3-9-20-14-17-12(16-13(15)18-14)10-7-5-6-8-11(10)19-4-2/h5-8H,3-4,9H2,1-2H3,(H2,15,16,17,18). The molecule has 0 fully saturated rings. The fourth-order valence-corrected chi connectivity index (χ4v) is 1.68. The van der Waals surface area contributed by atoms with Crippen molar-refractivity contribution in [2.45, 2.75) is 20.3 Å². The van der Waals surface area contributed by atoms with Gasteiger partial charge in [-0.15, -0.1) is 0 Å². The normalized spacial score (nSPS) is 10.3. The van der Waals surface area contributed by atoms with E-state index in [-0.39, 0.29) is 12.0 Å². The number of benzene rings is 1. The van der Waals surface area contributed by atoms with E-state index in [2.05, 4.69) is 15.0 Å². The summed E-state index contributed by atoms with van der Waals surface area (Å²) in [6.07, 6.45) is 0.871. The quantitative estimate of drug-likeness (QED) is 0.870. The largest absolute Gasteiger partial charge is 0.493 e. The minimum absolute atomic E-state index is 0.132. The Hall–Kier alpha value is -2.37. The number of nitrogens with zero attached hydrogens (tertiary/aromatic N) is 3. The summed E-state index contributed by atoms with van der Waals surface area (Å²) in [5, 5.41) is 0. The maximum absolute atomic E-state index is 5.71. The van der Waals surface area contributed by atoms with Crippen molar-refractivity contribution < 1.29 is 9.47 Å². The van der Waals surface area contributed by atoms with E-state index in [0.29, 0.717) is 24.8 Å². The zero-order valence-corrected chi connectivity index (χ0v) is 11.7. The fraction of sp³-hybridized carbons (Fsp3) is 0.357. The number of rotatable bonds is 6. The molecule has 0 unspecified atom stereocenters. The number of nitrogens with two attached hydrogens (primary N) is 1. The number of anilines is 1. The van der Waals surface area contributed by atoms with Gasteiger partial charge in [0.05, 0.1) is 18.8 Å². The molecule has 0 aliphatic heterocycles. The average molecular weight is 274 g/mol. The Labute approximate surface area is 118 Å². The molecule has 0 aliphatic rings. The Morgan fingerprint density at radius 3 is 2.60 bits per heavy atom. The molecule has 0 spiro atoms. The molecular weight excluding hydrogens is 256 g/mol. The Kier molecular flexibility index (Phi) is 4.70. The lowest BCUT2D eigenvalue weighted by atomic mass is 10.2. The first-order chi connectivity index (χ1) is 9.74. The maximum Gasteiger partial charge on any atom is 0.321 e. The zero-order chi connectivity index (χ0) is 14.4. The molecule has 20 heavy (non-hydrogen) atoms. The smallest absolute Gasteiger partial charge is 0.321 e. The number of nitrogen functional groups attached to an aromatic ring is 1.